The number of nitrogens with two attached hydrogens (primary N) is 1. The molecule has 0 saturated carbocycles. The predicted molar refractivity (Wildman–Crippen MR) is 81.9 cm³/mol. The summed E-state index contributed by atoms with van der Waals surface area (Å²) in [5.41, 5.74) is 5.10. The van der Waals surface area contributed by atoms with E-state index in [9.17, 15) is 14.4 Å². The van der Waals surface area contributed by atoms with Crippen LogP contribution in [0.1, 0.15) is 53.4 Å². The van der Waals surface area contributed by atoms with Crippen LogP contribution < -0.4 is 11.1 Å². The van der Waals surface area contributed by atoms with Crippen molar-refractivity contribution >= 4 is 17.8 Å². The fraction of sp³-hybridized carbons (Fsp3) is 0.800. The van der Waals surface area contributed by atoms with E-state index in [1.54, 1.807) is 20.8 Å². The number of hydrogen-bond donors (Lipinski definition) is 2. The van der Waals surface area contributed by atoms with E-state index in [-0.39, 0.29) is 19.4 Å². The Kier molecular flexibility index (Phi) is 9.40. The summed E-state index contributed by atoms with van der Waals surface area (Å²) in [4.78, 5) is 34.5. The maximum atomic E-state index is 11.7. The molecule has 1 amide bonds. The maximum absolute atomic E-state index is 11.7. The SMILES string of the molecule is CCCCOC(=O)CNC(=O)C(N)CCC(=O)OC(C)(C)C. The van der Waals surface area contributed by atoms with Gasteiger partial charge in [-0.15, -0.1) is 0 Å². The van der Waals surface area contributed by atoms with Gasteiger partial charge in [0.25, 0.3) is 0 Å². The molecule has 0 spiro atoms. The summed E-state index contributed by atoms with van der Waals surface area (Å²) in [6.45, 7) is 7.41. The van der Waals surface area contributed by atoms with E-state index in [2.05, 4.69) is 5.32 Å². The zero-order chi connectivity index (χ0) is 17.2. The van der Waals surface area contributed by atoms with Gasteiger partial charge in [-0.3, -0.25) is 14.4 Å². The summed E-state index contributed by atoms with van der Waals surface area (Å²) < 4.78 is 10.0. The number of hydrogen-bond acceptors (Lipinski definition) is 6. The molecular weight excluding hydrogens is 288 g/mol. The molecule has 0 aromatic heterocycles. The Morgan fingerprint density at radius 2 is 1.82 bits per heavy atom. The number of amides is 1. The van der Waals surface area contributed by atoms with E-state index in [1.165, 1.54) is 0 Å². The van der Waals surface area contributed by atoms with Gasteiger partial charge in [0.15, 0.2) is 0 Å². The second-order valence-electron chi connectivity index (χ2n) is 6.02. The topological polar surface area (TPSA) is 108 Å². The van der Waals surface area contributed by atoms with Crippen LogP contribution in [0.3, 0.4) is 0 Å². The zero-order valence-electron chi connectivity index (χ0n) is 13.9. The normalized spacial score (nSPS) is 12.4. The van der Waals surface area contributed by atoms with Crippen LogP contribution in [0.5, 0.6) is 0 Å². The van der Waals surface area contributed by atoms with Crippen molar-refractivity contribution in [2.75, 3.05) is 13.2 Å². The van der Waals surface area contributed by atoms with Gasteiger partial charge in [0.1, 0.15) is 12.1 Å². The third-order valence-corrected chi connectivity index (χ3v) is 2.58. The molecule has 3 N–H and O–H groups in total. The number of carbonyl (C=O) groups is 3. The Labute approximate surface area is 131 Å². The molecule has 7 nitrogen and oxygen atoms in total. The average Bonchev–Trinajstić information content (AvgIpc) is 2.40. The maximum Gasteiger partial charge on any atom is 0.325 e. The standard InChI is InChI=1S/C15H28N2O5/c1-5-6-9-21-13(19)10-17-14(20)11(16)7-8-12(18)22-15(2,3)4/h11H,5-10,16H2,1-4H3,(H,17,20). The van der Waals surface area contributed by atoms with Gasteiger partial charge in [0, 0.05) is 6.42 Å². The lowest BCUT2D eigenvalue weighted by molar-refractivity contribution is -0.155. The molecule has 0 aliphatic carbocycles. The van der Waals surface area contributed by atoms with E-state index >= 15 is 0 Å². The molecule has 0 aliphatic rings. The minimum absolute atomic E-state index is 0.0484. The van der Waals surface area contributed by atoms with E-state index in [0.29, 0.717) is 6.61 Å². The summed E-state index contributed by atoms with van der Waals surface area (Å²) in [5.74, 6) is -1.40. The highest BCUT2D eigenvalue weighted by molar-refractivity contribution is 5.85. The van der Waals surface area contributed by atoms with Crippen molar-refractivity contribution in [1.82, 2.24) is 5.32 Å². The lowest BCUT2D eigenvalue weighted by Gasteiger charge is -2.20. The first-order valence-electron chi connectivity index (χ1n) is 7.56. The first-order chi connectivity index (χ1) is 10.2. The number of ether oxygens (including phenoxy) is 2. The van der Waals surface area contributed by atoms with Gasteiger partial charge in [-0.05, 0) is 33.6 Å². The second kappa shape index (κ2) is 10.2. The third kappa shape index (κ3) is 11.1. The predicted octanol–water partition coefficient (Wildman–Crippen LogP) is 0.895. The lowest BCUT2D eigenvalue weighted by atomic mass is 10.1. The molecule has 0 aliphatic heterocycles. The van der Waals surface area contributed by atoms with Crippen LogP contribution in [0.4, 0.5) is 0 Å². The van der Waals surface area contributed by atoms with Crippen LogP contribution in [-0.4, -0.2) is 42.6 Å². The molecule has 0 aromatic rings. The molecule has 0 fully saturated rings. The number of unbranched alkanes of at least 4 members (excludes halogenated alkanes) is 1. The molecule has 0 saturated heterocycles. The largest absolute Gasteiger partial charge is 0.464 e. The number of carbonyl (C=O) groups excluding carboxylic acids is 3. The minimum atomic E-state index is -0.865. The Balaban J connectivity index is 3.92. The van der Waals surface area contributed by atoms with E-state index in [0.717, 1.165) is 12.8 Å². The highest BCUT2D eigenvalue weighted by Crippen LogP contribution is 2.09. The highest BCUT2D eigenvalue weighted by Gasteiger charge is 2.20. The van der Waals surface area contributed by atoms with Crippen molar-refractivity contribution in [3.8, 4) is 0 Å². The molecule has 1 unspecified atom stereocenters. The van der Waals surface area contributed by atoms with E-state index in [4.69, 9.17) is 15.2 Å². The van der Waals surface area contributed by atoms with Crippen LogP contribution in [-0.2, 0) is 23.9 Å². The fourth-order valence-corrected chi connectivity index (χ4v) is 1.47. The van der Waals surface area contributed by atoms with Crippen molar-refractivity contribution in [2.45, 2.75) is 65.0 Å². The molecule has 22 heavy (non-hydrogen) atoms. The minimum Gasteiger partial charge on any atom is -0.464 e. The Bertz CT molecular complexity index is 377. The summed E-state index contributed by atoms with van der Waals surface area (Å²) in [6, 6.07) is -0.865. The molecule has 0 heterocycles. The van der Waals surface area contributed by atoms with Gasteiger partial charge < -0.3 is 20.5 Å². The molecular formula is C15H28N2O5. The molecule has 0 aromatic carbocycles. The van der Waals surface area contributed by atoms with Gasteiger partial charge in [-0.25, -0.2) is 0 Å². The molecule has 1 atom stereocenters. The lowest BCUT2D eigenvalue weighted by Crippen LogP contribution is -2.43. The molecule has 7 heteroatoms. The Hall–Kier alpha value is -1.63. The molecule has 0 bridgehead atoms. The first kappa shape index (κ1) is 20.4. The van der Waals surface area contributed by atoms with Gasteiger partial charge in [0.05, 0.1) is 12.6 Å². The van der Waals surface area contributed by atoms with E-state index < -0.39 is 29.5 Å². The third-order valence-electron chi connectivity index (χ3n) is 2.58. The molecule has 0 rings (SSSR count). The number of esters is 2. The first-order valence-corrected chi connectivity index (χ1v) is 7.56. The number of nitrogens with one attached hydrogen (secondary N) is 1. The number of rotatable bonds is 9. The highest BCUT2D eigenvalue weighted by atomic mass is 16.6. The van der Waals surface area contributed by atoms with Crippen LogP contribution in [0.2, 0.25) is 0 Å². The summed E-state index contributed by atoms with van der Waals surface area (Å²) >= 11 is 0. The van der Waals surface area contributed by atoms with Gasteiger partial charge >= 0.3 is 11.9 Å². The summed E-state index contributed by atoms with van der Waals surface area (Å²) in [5, 5.41) is 2.39. The van der Waals surface area contributed by atoms with Crippen LogP contribution >= 0.6 is 0 Å². The van der Waals surface area contributed by atoms with Crippen molar-refractivity contribution in [1.29, 1.82) is 0 Å². The van der Waals surface area contributed by atoms with Gasteiger partial charge in [0.2, 0.25) is 5.91 Å². The zero-order valence-corrected chi connectivity index (χ0v) is 13.9. The molecule has 128 valence electrons. The molecule has 0 radical (unpaired) electrons. The van der Waals surface area contributed by atoms with Crippen molar-refractivity contribution in [2.24, 2.45) is 5.73 Å². The summed E-state index contributed by atoms with van der Waals surface area (Å²) in [7, 11) is 0. The van der Waals surface area contributed by atoms with Gasteiger partial charge in [-0.2, -0.15) is 0 Å². The Morgan fingerprint density at radius 1 is 1.18 bits per heavy atom. The average molecular weight is 316 g/mol. The van der Waals surface area contributed by atoms with Crippen molar-refractivity contribution in [3.63, 3.8) is 0 Å². The summed E-state index contributed by atoms with van der Waals surface area (Å²) in [6.07, 6.45) is 1.92. The fourth-order valence-electron chi connectivity index (χ4n) is 1.47. The van der Waals surface area contributed by atoms with Gasteiger partial charge in [-0.1, -0.05) is 13.3 Å². The van der Waals surface area contributed by atoms with Crippen molar-refractivity contribution in [3.05, 3.63) is 0 Å². The van der Waals surface area contributed by atoms with Crippen LogP contribution in [0.15, 0.2) is 0 Å². The van der Waals surface area contributed by atoms with Crippen LogP contribution in [0.25, 0.3) is 0 Å². The Morgan fingerprint density at radius 3 is 2.36 bits per heavy atom. The van der Waals surface area contributed by atoms with Crippen LogP contribution in [0, 0.1) is 0 Å². The monoisotopic (exact) mass is 316 g/mol. The smallest absolute Gasteiger partial charge is 0.325 e. The van der Waals surface area contributed by atoms with Crippen molar-refractivity contribution < 1.29 is 23.9 Å². The second-order valence-corrected chi connectivity index (χ2v) is 6.02. The van der Waals surface area contributed by atoms with E-state index in [1.807, 2.05) is 6.92 Å². The quantitative estimate of drug-likeness (QED) is 0.483.